The normalized spacial score (nSPS) is 18.0. The minimum atomic E-state index is -4.51. The van der Waals surface area contributed by atoms with Gasteiger partial charge in [0.2, 0.25) is 0 Å². The molecule has 0 unspecified atom stereocenters. The van der Waals surface area contributed by atoms with Gasteiger partial charge in [-0.3, -0.25) is 4.68 Å². The Kier molecular flexibility index (Phi) is 4.46. The quantitative estimate of drug-likeness (QED) is 0.930. The number of para-hydroxylation sites is 1. The number of amides is 2. The molecule has 128 valence electrons. The first-order valence-corrected chi connectivity index (χ1v) is 7.66. The Morgan fingerprint density at radius 1 is 1.29 bits per heavy atom. The van der Waals surface area contributed by atoms with Crippen molar-refractivity contribution >= 4 is 11.7 Å². The van der Waals surface area contributed by atoms with Gasteiger partial charge in [-0.1, -0.05) is 12.1 Å². The SMILES string of the molecule is O=C(Nc1ccccc1C(F)(F)F)N1CCC[C@H]1Cn1cccn1. The molecule has 0 saturated carbocycles. The van der Waals surface area contributed by atoms with E-state index in [1.807, 2.05) is 0 Å². The maximum atomic E-state index is 13.0. The van der Waals surface area contributed by atoms with Gasteiger partial charge in [0, 0.05) is 18.9 Å². The predicted molar refractivity (Wildman–Crippen MR) is 82.4 cm³/mol. The third-order valence-electron chi connectivity index (χ3n) is 4.07. The highest BCUT2D eigenvalue weighted by Crippen LogP contribution is 2.35. The number of urea groups is 1. The van der Waals surface area contributed by atoms with Gasteiger partial charge in [0.15, 0.2) is 0 Å². The molecule has 1 fully saturated rings. The largest absolute Gasteiger partial charge is 0.418 e. The molecule has 2 amide bonds. The van der Waals surface area contributed by atoms with Gasteiger partial charge in [-0.2, -0.15) is 18.3 Å². The summed E-state index contributed by atoms with van der Waals surface area (Å²) in [6, 6.07) is 6.19. The van der Waals surface area contributed by atoms with Crippen molar-refractivity contribution in [3.05, 3.63) is 48.3 Å². The number of anilines is 1. The first-order chi connectivity index (χ1) is 11.4. The molecule has 5 nitrogen and oxygen atoms in total. The highest BCUT2D eigenvalue weighted by atomic mass is 19.4. The second-order valence-corrected chi connectivity index (χ2v) is 5.69. The first-order valence-electron chi connectivity index (χ1n) is 7.66. The fourth-order valence-electron chi connectivity index (χ4n) is 2.94. The highest BCUT2D eigenvalue weighted by molar-refractivity contribution is 5.90. The van der Waals surface area contributed by atoms with Crippen molar-refractivity contribution in [3.63, 3.8) is 0 Å². The summed E-state index contributed by atoms with van der Waals surface area (Å²) in [6.07, 6.45) is 0.560. The topological polar surface area (TPSA) is 50.2 Å². The van der Waals surface area contributed by atoms with E-state index in [-0.39, 0.29) is 11.7 Å². The Hall–Kier alpha value is -2.51. The van der Waals surface area contributed by atoms with Gasteiger partial charge in [-0.15, -0.1) is 0 Å². The third kappa shape index (κ3) is 3.52. The Labute approximate surface area is 137 Å². The molecule has 1 aromatic heterocycles. The van der Waals surface area contributed by atoms with Gasteiger partial charge in [-0.05, 0) is 31.0 Å². The first kappa shape index (κ1) is 16.4. The number of benzene rings is 1. The van der Waals surface area contributed by atoms with Crippen LogP contribution in [0.25, 0.3) is 0 Å². The molecule has 0 aliphatic carbocycles. The summed E-state index contributed by atoms with van der Waals surface area (Å²) >= 11 is 0. The lowest BCUT2D eigenvalue weighted by Crippen LogP contribution is -2.41. The van der Waals surface area contributed by atoms with E-state index in [9.17, 15) is 18.0 Å². The van der Waals surface area contributed by atoms with Gasteiger partial charge in [0.1, 0.15) is 0 Å². The monoisotopic (exact) mass is 338 g/mol. The zero-order valence-electron chi connectivity index (χ0n) is 12.8. The minimum absolute atomic E-state index is 0.0806. The van der Waals surface area contributed by atoms with Crippen LogP contribution in [-0.2, 0) is 12.7 Å². The Morgan fingerprint density at radius 3 is 2.79 bits per heavy atom. The maximum Gasteiger partial charge on any atom is 0.418 e. The van der Waals surface area contributed by atoms with Crippen LogP contribution in [-0.4, -0.2) is 33.3 Å². The molecule has 0 radical (unpaired) electrons. The van der Waals surface area contributed by atoms with E-state index in [4.69, 9.17) is 0 Å². The minimum Gasteiger partial charge on any atom is -0.320 e. The van der Waals surface area contributed by atoms with Crippen LogP contribution in [0, 0.1) is 0 Å². The second kappa shape index (κ2) is 6.54. The van der Waals surface area contributed by atoms with Crippen LogP contribution in [0.4, 0.5) is 23.7 Å². The molecule has 3 rings (SSSR count). The van der Waals surface area contributed by atoms with Gasteiger partial charge in [0.25, 0.3) is 0 Å². The summed E-state index contributed by atoms with van der Waals surface area (Å²) in [5.41, 5.74) is -1.07. The lowest BCUT2D eigenvalue weighted by atomic mass is 10.1. The number of carbonyl (C=O) groups excluding carboxylic acids is 1. The summed E-state index contributed by atoms with van der Waals surface area (Å²) in [4.78, 5) is 14.0. The molecule has 24 heavy (non-hydrogen) atoms. The number of nitrogens with zero attached hydrogens (tertiary/aromatic N) is 3. The molecule has 1 aromatic carbocycles. The van der Waals surface area contributed by atoms with Crippen LogP contribution in [0.5, 0.6) is 0 Å². The zero-order valence-corrected chi connectivity index (χ0v) is 12.8. The summed E-state index contributed by atoms with van der Waals surface area (Å²) in [6.45, 7) is 1.05. The average Bonchev–Trinajstić information content (AvgIpc) is 3.19. The van der Waals surface area contributed by atoms with Crippen molar-refractivity contribution in [1.82, 2.24) is 14.7 Å². The van der Waals surface area contributed by atoms with Gasteiger partial charge in [0.05, 0.1) is 23.8 Å². The van der Waals surface area contributed by atoms with Crippen molar-refractivity contribution < 1.29 is 18.0 Å². The van der Waals surface area contributed by atoms with Crippen molar-refractivity contribution in [2.24, 2.45) is 0 Å². The van der Waals surface area contributed by atoms with Crippen LogP contribution in [0.3, 0.4) is 0 Å². The average molecular weight is 338 g/mol. The number of alkyl halides is 3. The number of aromatic nitrogens is 2. The van der Waals surface area contributed by atoms with Crippen molar-refractivity contribution in [3.8, 4) is 0 Å². The number of likely N-dealkylation sites (tertiary alicyclic amines) is 1. The van der Waals surface area contributed by atoms with Crippen LogP contribution in [0.2, 0.25) is 0 Å². The Morgan fingerprint density at radius 2 is 2.08 bits per heavy atom. The van der Waals surface area contributed by atoms with E-state index in [1.165, 1.54) is 18.2 Å². The fourth-order valence-corrected chi connectivity index (χ4v) is 2.94. The van der Waals surface area contributed by atoms with Gasteiger partial charge >= 0.3 is 12.2 Å². The van der Waals surface area contributed by atoms with Crippen LogP contribution < -0.4 is 5.32 Å². The van der Waals surface area contributed by atoms with Gasteiger partial charge in [-0.25, -0.2) is 4.79 Å². The number of rotatable bonds is 3. The molecule has 2 aromatic rings. The zero-order chi connectivity index (χ0) is 17.2. The molecular formula is C16H17F3N4O. The molecule has 1 atom stereocenters. The molecular weight excluding hydrogens is 321 g/mol. The van der Waals surface area contributed by atoms with E-state index < -0.39 is 17.8 Å². The fraction of sp³-hybridized carbons (Fsp3) is 0.375. The highest BCUT2D eigenvalue weighted by Gasteiger charge is 2.35. The summed E-state index contributed by atoms with van der Waals surface area (Å²) in [5, 5.41) is 6.52. The van der Waals surface area contributed by atoms with Crippen molar-refractivity contribution in [2.45, 2.75) is 31.6 Å². The summed E-state index contributed by atoms with van der Waals surface area (Å²) in [5.74, 6) is 0. The summed E-state index contributed by atoms with van der Waals surface area (Å²) < 4.78 is 40.8. The number of halogens is 3. The van der Waals surface area contributed by atoms with Crippen LogP contribution in [0.1, 0.15) is 18.4 Å². The van der Waals surface area contributed by atoms with Crippen molar-refractivity contribution in [2.75, 3.05) is 11.9 Å². The van der Waals surface area contributed by atoms with Crippen LogP contribution >= 0.6 is 0 Å². The number of hydrogen-bond acceptors (Lipinski definition) is 2. The Balaban J connectivity index is 1.73. The summed E-state index contributed by atoms with van der Waals surface area (Å²) in [7, 11) is 0. The smallest absolute Gasteiger partial charge is 0.320 e. The second-order valence-electron chi connectivity index (χ2n) is 5.69. The van der Waals surface area contributed by atoms with E-state index in [0.717, 1.165) is 18.9 Å². The van der Waals surface area contributed by atoms with Crippen LogP contribution in [0.15, 0.2) is 42.7 Å². The molecule has 0 spiro atoms. The van der Waals surface area contributed by atoms with E-state index in [0.29, 0.717) is 13.1 Å². The molecule has 2 heterocycles. The van der Waals surface area contributed by atoms with E-state index >= 15 is 0 Å². The lowest BCUT2D eigenvalue weighted by Gasteiger charge is -2.25. The Bertz CT molecular complexity index is 700. The molecule has 1 aliphatic rings. The number of nitrogens with one attached hydrogen (secondary N) is 1. The molecule has 8 heteroatoms. The van der Waals surface area contributed by atoms with E-state index in [2.05, 4.69) is 10.4 Å². The number of carbonyl (C=O) groups is 1. The van der Waals surface area contributed by atoms with Crippen molar-refractivity contribution in [1.29, 1.82) is 0 Å². The molecule has 0 bridgehead atoms. The van der Waals surface area contributed by atoms with Gasteiger partial charge < -0.3 is 10.2 Å². The maximum absolute atomic E-state index is 13.0. The van der Waals surface area contributed by atoms with E-state index in [1.54, 1.807) is 28.0 Å². The molecule has 1 N–H and O–H groups in total. The lowest BCUT2D eigenvalue weighted by molar-refractivity contribution is -0.136. The third-order valence-corrected chi connectivity index (χ3v) is 4.07. The standard InChI is InChI=1S/C16H17F3N4O/c17-16(18,19)13-6-1-2-7-14(13)21-15(24)23-10-3-5-12(23)11-22-9-4-8-20-22/h1-2,4,6-9,12H,3,5,10-11H2,(H,21,24)/t12-/m0/s1. The number of hydrogen-bond donors (Lipinski definition) is 1. The molecule has 1 saturated heterocycles. The predicted octanol–water partition coefficient (Wildman–Crippen LogP) is 3.60. The molecule has 1 aliphatic heterocycles.